The zero-order valence-corrected chi connectivity index (χ0v) is 12.5. The maximum Gasteiger partial charge on any atom is 0.180 e. The van der Waals surface area contributed by atoms with Gasteiger partial charge in [0.25, 0.3) is 0 Å². The average Bonchev–Trinajstić information content (AvgIpc) is 2.46. The molecule has 0 radical (unpaired) electrons. The number of nitrogens with zero attached hydrogens (tertiary/aromatic N) is 4. The van der Waals surface area contributed by atoms with E-state index in [1.165, 1.54) is 25.7 Å². The maximum absolute atomic E-state index is 4.62. The van der Waals surface area contributed by atoms with Gasteiger partial charge in [-0.25, -0.2) is 9.97 Å². The molecule has 2 heterocycles. The summed E-state index contributed by atoms with van der Waals surface area (Å²) in [6.45, 7) is 0. The van der Waals surface area contributed by atoms with Crippen molar-refractivity contribution in [3.05, 3.63) is 24.5 Å². The number of rotatable bonds is 2. The van der Waals surface area contributed by atoms with Crippen LogP contribution in [0.25, 0.3) is 11.2 Å². The fraction of sp³-hybridized carbons (Fsp3) is 0.500. The molecule has 0 N–H and O–H groups in total. The molecule has 1 aliphatic carbocycles. The molecule has 1 fully saturated rings. The van der Waals surface area contributed by atoms with Crippen molar-refractivity contribution in [2.45, 2.75) is 36.6 Å². The molecule has 1 saturated carbocycles. The van der Waals surface area contributed by atoms with Crippen molar-refractivity contribution in [3.63, 3.8) is 0 Å². The Balaban J connectivity index is 1.90. The van der Waals surface area contributed by atoms with Crippen LogP contribution in [0.4, 0.5) is 5.82 Å². The van der Waals surface area contributed by atoms with Crippen molar-refractivity contribution in [1.82, 2.24) is 15.0 Å². The zero-order valence-electron chi connectivity index (χ0n) is 11.0. The highest BCUT2D eigenvalue weighted by Crippen LogP contribution is 2.30. The van der Waals surface area contributed by atoms with Crippen molar-refractivity contribution in [3.8, 4) is 0 Å². The first-order chi connectivity index (χ1) is 9.25. The van der Waals surface area contributed by atoms with Crippen molar-refractivity contribution < 1.29 is 0 Å². The van der Waals surface area contributed by atoms with Gasteiger partial charge < -0.3 is 4.90 Å². The van der Waals surface area contributed by atoms with Gasteiger partial charge in [0.1, 0.15) is 11.3 Å². The molecule has 2 aromatic heterocycles. The summed E-state index contributed by atoms with van der Waals surface area (Å²) in [6, 6.07) is 4.54. The van der Waals surface area contributed by atoms with Crippen LogP contribution in [0.3, 0.4) is 0 Å². The normalized spacial score (nSPS) is 23.5. The average molecular weight is 321 g/mol. The van der Waals surface area contributed by atoms with Gasteiger partial charge in [-0.1, -0.05) is 28.8 Å². The second-order valence-corrected chi connectivity index (χ2v) is 6.22. The molecule has 0 aliphatic heterocycles. The standard InChI is InChI=1S/C14H17BrN4/c1-19(12-5-3-2-4-10(12)15)13-7-6-11-14(18-13)17-9-8-16-11/h6-10,12H,2-5H2,1H3. The van der Waals surface area contributed by atoms with Crippen LogP contribution < -0.4 is 4.90 Å². The predicted octanol–water partition coefficient (Wildman–Crippen LogP) is 3.17. The van der Waals surface area contributed by atoms with E-state index >= 15 is 0 Å². The molecule has 0 bridgehead atoms. The molecule has 0 saturated heterocycles. The summed E-state index contributed by atoms with van der Waals surface area (Å²) in [5.74, 6) is 0.976. The molecular weight excluding hydrogens is 304 g/mol. The summed E-state index contributed by atoms with van der Waals surface area (Å²) in [5.41, 5.74) is 1.56. The van der Waals surface area contributed by atoms with Gasteiger partial charge in [-0.05, 0) is 25.0 Å². The van der Waals surface area contributed by atoms with Crippen LogP contribution in [0.2, 0.25) is 0 Å². The molecule has 4 nitrogen and oxygen atoms in total. The first kappa shape index (κ1) is 12.8. The van der Waals surface area contributed by atoms with E-state index in [1.807, 2.05) is 12.1 Å². The van der Waals surface area contributed by atoms with Crippen molar-refractivity contribution in [2.75, 3.05) is 11.9 Å². The molecule has 2 atom stereocenters. The van der Waals surface area contributed by atoms with E-state index in [1.54, 1.807) is 12.4 Å². The van der Waals surface area contributed by atoms with Gasteiger partial charge in [0.2, 0.25) is 0 Å². The molecule has 1 aliphatic rings. The summed E-state index contributed by atoms with van der Waals surface area (Å²) in [4.78, 5) is 16.0. The van der Waals surface area contributed by atoms with Crippen LogP contribution in [-0.4, -0.2) is 32.9 Å². The minimum atomic E-state index is 0.510. The van der Waals surface area contributed by atoms with Gasteiger partial charge in [-0.2, -0.15) is 0 Å². The number of alkyl halides is 1. The van der Waals surface area contributed by atoms with Crippen molar-refractivity contribution in [1.29, 1.82) is 0 Å². The Hall–Kier alpha value is -1.23. The first-order valence-corrected chi connectivity index (χ1v) is 7.62. The largest absolute Gasteiger partial charge is 0.355 e. The molecular formula is C14H17BrN4. The topological polar surface area (TPSA) is 41.9 Å². The Kier molecular flexibility index (Phi) is 3.64. The van der Waals surface area contributed by atoms with E-state index in [0.29, 0.717) is 16.5 Å². The van der Waals surface area contributed by atoms with Gasteiger partial charge in [-0.15, -0.1) is 0 Å². The van der Waals surface area contributed by atoms with Crippen molar-refractivity contribution >= 4 is 32.9 Å². The van der Waals surface area contributed by atoms with Gasteiger partial charge >= 0.3 is 0 Å². The van der Waals surface area contributed by atoms with Crippen molar-refractivity contribution in [2.24, 2.45) is 0 Å². The fourth-order valence-corrected chi connectivity index (χ4v) is 3.66. The Morgan fingerprint density at radius 2 is 1.95 bits per heavy atom. The predicted molar refractivity (Wildman–Crippen MR) is 80.7 cm³/mol. The summed E-state index contributed by atoms with van der Waals surface area (Å²) in [5, 5.41) is 0. The summed E-state index contributed by atoms with van der Waals surface area (Å²) in [7, 11) is 2.12. The molecule has 5 heteroatoms. The van der Waals surface area contributed by atoms with Crippen LogP contribution in [0.15, 0.2) is 24.5 Å². The maximum atomic E-state index is 4.62. The fourth-order valence-electron chi connectivity index (χ4n) is 2.71. The molecule has 2 aromatic rings. The Bertz CT molecular complexity index is 574. The third-order valence-electron chi connectivity index (χ3n) is 3.82. The number of fused-ring (bicyclic) bond motifs is 1. The number of hydrogen-bond donors (Lipinski definition) is 0. The van der Waals surface area contributed by atoms with E-state index < -0.39 is 0 Å². The third-order valence-corrected chi connectivity index (χ3v) is 4.89. The third kappa shape index (κ3) is 2.56. The number of pyridine rings is 1. The summed E-state index contributed by atoms with van der Waals surface area (Å²) in [6.07, 6.45) is 8.45. The number of aromatic nitrogens is 3. The van der Waals surface area contributed by atoms with Gasteiger partial charge in [0.15, 0.2) is 5.65 Å². The second-order valence-electron chi connectivity index (χ2n) is 5.05. The molecule has 19 heavy (non-hydrogen) atoms. The lowest BCUT2D eigenvalue weighted by Gasteiger charge is -2.35. The summed E-state index contributed by atoms with van der Waals surface area (Å²) < 4.78 is 0. The lowest BCUT2D eigenvalue weighted by Crippen LogP contribution is -2.41. The smallest absolute Gasteiger partial charge is 0.180 e. The monoisotopic (exact) mass is 320 g/mol. The summed E-state index contributed by atoms with van der Waals surface area (Å²) >= 11 is 3.80. The van der Waals surface area contributed by atoms with Crippen LogP contribution in [0, 0.1) is 0 Å². The van der Waals surface area contributed by atoms with Crippen LogP contribution in [-0.2, 0) is 0 Å². The number of halogens is 1. The number of hydrogen-bond acceptors (Lipinski definition) is 4. The Labute approximate surface area is 121 Å². The lowest BCUT2D eigenvalue weighted by atomic mass is 9.94. The van der Waals surface area contributed by atoms with E-state index in [9.17, 15) is 0 Å². The van der Waals surface area contributed by atoms with E-state index in [0.717, 1.165) is 11.3 Å². The van der Waals surface area contributed by atoms with Gasteiger partial charge in [0, 0.05) is 30.3 Å². The van der Waals surface area contributed by atoms with Crippen LogP contribution in [0.5, 0.6) is 0 Å². The molecule has 3 rings (SSSR count). The quantitative estimate of drug-likeness (QED) is 0.797. The second kappa shape index (κ2) is 5.41. The molecule has 2 unspecified atom stereocenters. The molecule has 0 spiro atoms. The minimum Gasteiger partial charge on any atom is -0.355 e. The van der Waals surface area contributed by atoms with E-state index in [2.05, 4.69) is 42.8 Å². The van der Waals surface area contributed by atoms with Crippen LogP contribution in [0.1, 0.15) is 25.7 Å². The van der Waals surface area contributed by atoms with Gasteiger partial charge in [0.05, 0.1) is 0 Å². The Morgan fingerprint density at radius 1 is 1.16 bits per heavy atom. The van der Waals surface area contributed by atoms with Gasteiger partial charge in [-0.3, -0.25) is 4.98 Å². The molecule has 0 amide bonds. The Morgan fingerprint density at radius 3 is 2.79 bits per heavy atom. The highest BCUT2D eigenvalue weighted by molar-refractivity contribution is 9.09. The van der Waals surface area contributed by atoms with E-state index in [-0.39, 0.29) is 0 Å². The number of anilines is 1. The minimum absolute atomic E-state index is 0.510. The zero-order chi connectivity index (χ0) is 13.2. The molecule has 100 valence electrons. The van der Waals surface area contributed by atoms with Crippen LogP contribution >= 0.6 is 15.9 Å². The highest BCUT2D eigenvalue weighted by Gasteiger charge is 2.27. The highest BCUT2D eigenvalue weighted by atomic mass is 79.9. The first-order valence-electron chi connectivity index (χ1n) is 6.70. The van der Waals surface area contributed by atoms with E-state index in [4.69, 9.17) is 0 Å². The SMILES string of the molecule is CN(c1ccc2nccnc2n1)C1CCCCC1Br. The lowest BCUT2D eigenvalue weighted by molar-refractivity contribution is 0.442. The molecule has 0 aromatic carbocycles.